The molecule has 1 atom stereocenters. The fraction of sp³-hybridized carbons (Fsp3) is 0.474. The number of carbonyl (C=O) groups is 2. The highest BCUT2D eigenvalue weighted by Gasteiger charge is 2.68. The van der Waals surface area contributed by atoms with Gasteiger partial charge in [-0.15, -0.1) is 0 Å². The predicted molar refractivity (Wildman–Crippen MR) is 101 cm³/mol. The summed E-state index contributed by atoms with van der Waals surface area (Å²) in [4.78, 5) is 24.2. The predicted octanol–water partition coefficient (Wildman–Crippen LogP) is 3.93. The van der Waals surface area contributed by atoms with Crippen molar-refractivity contribution in [2.75, 3.05) is 6.61 Å². The topological polar surface area (TPSA) is 119 Å². The lowest BCUT2D eigenvalue weighted by atomic mass is 10.1. The Hall–Kier alpha value is -2.72. The highest BCUT2D eigenvalue weighted by molar-refractivity contribution is 7.86. The smallest absolute Gasteiger partial charge is 0.468 e. The van der Waals surface area contributed by atoms with Crippen LogP contribution < -0.4 is 4.74 Å². The van der Waals surface area contributed by atoms with Gasteiger partial charge in [0.1, 0.15) is 5.75 Å². The summed E-state index contributed by atoms with van der Waals surface area (Å²) in [7, 11) is -6.75. The molecule has 0 saturated heterocycles. The Labute approximate surface area is 194 Å². The Morgan fingerprint density at radius 2 is 1.54 bits per heavy atom. The molecule has 0 N–H and O–H groups in total. The van der Waals surface area contributed by atoms with Gasteiger partial charge in [-0.25, -0.2) is 18.0 Å². The summed E-state index contributed by atoms with van der Waals surface area (Å²) in [6.45, 7) is 2.73. The highest BCUT2D eigenvalue weighted by Crippen LogP contribution is 2.42. The Kier molecular flexibility index (Phi) is 9.45. The number of halogens is 7. The minimum atomic E-state index is -6.75. The van der Waals surface area contributed by atoms with Gasteiger partial charge >= 0.3 is 35.1 Å². The van der Waals surface area contributed by atoms with Crippen LogP contribution in [0.4, 0.5) is 30.7 Å². The van der Waals surface area contributed by atoms with Gasteiger partial charge in [-0.3, -0.25) is 0 Å². The van der Waals surface area contributed by atoms with Gasteiger partial charge < -0.3 is 18.8 Å². The van der Waals surface area contributed by atoms with Crippen LogP contribution >= 0.6 is 0 Å². The van der Waals surface area contributed by atoms with Crippen LogP contribution in [0, 0.1) is 0 Å². The molecule has 0 fully saturated rings. The van der Waals surface area contributed by atoms with E-state index in [2.05, 4.69) is 20.8 Å². The van der Waals surface area contributed by atoms with Crippen LogP contribution in [0.1, 0.15) is 26.2 Å². The van der Waals surface area contributed by atoms with Gasteiger partial charge in [0.25, 0.3) is 0 Å². The van der Waals surface area contributed by atoms with Crippen LogP contribution in [-0.4, -0.2) is 54.7 Å². The SMILES string of the molecule is C=C(C)C(=O)OC(OCCCCC(F)(F)C(F)(F)S(=O)(=O)[O-])(C(=O)Oc1ccccc1)C(F)(F)F. The normalized spacial score (nSPS) is 14.7. The third kappa shape index (κ3) is 7.14. The molecule has 0 amide bonds. The fourth-order valence-electron chi connectivity index (χ4n) is 2.26. The number of ether oxygens (including phenoxy) is 3. The van der Waals surface area contributed by atoms with Crippen molar-refractivity contribution < 1.29 is 67.5 Å². The first kappa shape index (κ1) is 30.3. The molecule has 0 radical (unpaired) electrons. The molecule has 16 heteroatoms. The maximum Gasteiger partial charge on any atom is 0.468 e. The van der Waals surface area contributed by atoms with E-state index >= 15 is 0 Å². The van der Waals surface area contributed by atoms with Gasteiger partial charge in [-0.05, 0) is 31.9 Å². The molecule has 0 heterocycles. The Morgan fingerprint density at radius 3 is 2.00 bits per heavy atom. The van der Waals surface area contributed by atoms with Crippen LogP contribution in [0.5, 0.6) is 5.75 Å². The van der Waals surface area contributed by atoms with E-state index in [0.29, 0.717) is 0 Å². The molecule has 0 aliphatic carbocycles. The molecule has 198 valence electrons. The van der Waals surface area contributed by atoms with E-state index in [1.165, 1.54) is 18.2 Å². The summed E-state index contributed by atoms with van der Waals surface area (Å²) in [6.07, 6.45) is -9.71. The molecule has 0 aliphatic rings. The van der Waals surface area contributed by atoms with Crippen LogP contribution in [0.15, 0.2) is 42.5 Å². The van der Waals surface area contributed by atoms with Crippen molar-refractivity contribution in [2.45, 2.75) is 49.3 Å². The number of rotatable bonds is 12. The number of unbranched alkanes of at least 4 members (excludes halogenated alkanes) is 1. The maximum absolute atomic E-state index is 13.9. The van der Waals surface area contributed by atoms with E-state index in [1.54, 1.807) is 0 Å². The summed E-state index contributed by atoms with van der Waals surface area (Å²) >= 11 is 0. The quantitative estimate of drug-likeness (QED) is 0.0746. The zero-order valence-electron chi connectivity index (χ0n) is 17.7. The number of para-hydroxylation sites is 1. The van der Waals surface area contributed by atoms with Crippen molar-refractivity contribution in [2.24, 2.45) is 0 Å². The van der Waals surface area contributed by atoms with Crippen molar-refractivity contribution in [1.82, 2.24) is 0 Å². The highest BCUT2D eigenvalue weighted by atomic mass is 32.2. The van der Waals surface area contributed by atoms with E-state index in [0.717, 1.165) is 19.1 Å². The average Bonchev–Trinajstić information content (AvgIpc) is 2.71. The second-order valence-corrected chi connectivity index (χ2v) is 8.39. The maximum atomic E-state index is 13.9. The second-order valence-electron chi connectivity index (χ2n) is 6.97. The first-order valence-electron chi connectivity index (χ1n) is 9.36. The molecule has 1 unspecified atom stereocenters. The molecule has 0 bridgehead atoms. The van der Waals surface area contributed by atoms with Crippen LogP contribution in [0.2, 0.25) is 0 Å². The molecule has 35 heavy (non-hydrogen) atoms. The van der Waals surface area contributed by atoms with E-state index in [9.17, 15) is 53.3 Å². The Balaban J connectivity index is 3.09. The lowest BCUT2D eigenvalue weighted by Gasteiger charge is -2.32. The lowest BCUT2D eigenvalue weighted by Crippen LogP contribution is -2.59. The molecule has 1 aromatic rings. The number of alkyl halides is 7. The minimum Gasteiger partial charge on any atom is -0.743 e. The monoisotopic (exact) mass is 539 g/mol. The van der Waals surface area contributed by atoms with Crippen molar-refractivity contribution in [1.29, 1.82) is 0 Å². The van der Waals surface area contributed by atoms with Gasteiger partial charge in [0, 0.05) is 12.0 Å². The van der Waals surface area contributed by atoms with Crippen molar-refractivity contribution in [3.05, 3.63) is 42.5 Å². The Morgan fingerprint density at radius 1 is 1.00 bits per heavy atom. The third-order valence-electron chi connectivity index (χ3n) is 4.11. The van der Waals surface area contributed by atoms with Crippen LogP contribution in [-0.2, 0) is 29.2 Å². The molecule has 8 nitrogen and oxygen atoms in total. The van der Waals surface area contributed by atoms with Crippen LogP contribution in [0.3, 0.4) is 0 Å². The molecule has 0 saturated carbocycles. The fourth-order valence-corrected chi connectivity index (χ4v) is 2.73. The number of benzene rings is 1. The summed E-state index contributed by atoms with van der Waals surface area (Å²) in [5, 5.41) is -5.98. The van der Waals surface area contributed by atoms with Gasteiger partial charge in [0.05, 0.1) is 6.61 Å². The third-order valence-corrected chi connectivity index (χ3v) is 5.04. The van der Waals surface area contributed by atoms with Gasteiger partial charge in [0.15, 0.2) is 10.1 Å². The molecule has 0 aromatic heterocycles. The molecule has 0 spiro atoms. The summed E-state index contributed by atoms with van der Waals surface area (Å²) < 4.78 is 139. The number of esters is 2. The van der Waals surface area contributed by atoms with Crippen molar-refractivity contribution in [3.63, 3.8) is 0 Å². The molecule has 1 aromatic carbocycles. The van der Waals surface area contributed by atoms with E-state index in [1.807, 2.05) is 0 Å². The van der Waals surface area contributed by atoms with Gasteiger partial charge in [0.2, 0.25) is 0 Å². The molecule has 1 rings (SSSR count). The minimum absolute atomic E-state index is 0.415. The Bertz CT molecular complexity index is 1030. The first-order valence-corrected chi connectivity index (χ1v) is 10.8. The number of hydrogen-bond acceptors (Lipinski definition) is 8. The standard InChI is InChI=1S/C19H19F7O8S/c1-12(2)14(27)34-17(18(22,23)24,15(28)33-13-8-4-3-5-9-13)32-11-7-6-10-16(20,21)19(25,26)35(29,30)31/h3-5,8-9H,1,6-7,10-11H2,2H3,(H,29,30,31)/p-1. The number of hydrogen-bond donors (Lipinski definition) is 0. The molecule has 0 aliphatic heterocycles. The number of carbonyl (C=O) groups excluding carboxylic acids is 2. The summed E-state index contributed by atoms with van der Waals surface area (Å²) in [5.41, 5.74) is -0.588. The van der Waals surface area contributed by atoms with Gasteiger partial charge in [-0.2, -0.15) is 30.7 Å². The van der Waals surface area contributed by atoms with E-state index in [4.69, 9.17) is 0 Å². The first-order chi connectivity index (χ1) is 15.8. The van der Waals surface area contributed by atoms with E-state index in [-0.39, 0.29) is 0 Å². The van der Waals surface area contributed by atoms with Crippen molar-refractivity contribution in [3.8, 4) is 5.75 Å². The molecular formula is C19H18F7O8S-. The lowest BCUT2D eigenvalue weighted by molar-refractivity contribution is -0.352. The summed E-state index contributed by atoms with van der Waals surface area (Å²) in [6, 6.07) is 6.16. The zero-order chi connectivity index (χ0) is 27.3. The van der Waals surface area contributed by atoms with Gasteiger partial charge in [-0.1, -0.05) is 24.8 Å². The zero-order valence-corrected chi connectivity index (χ0v) is 18.6. The van der Waals surface area contributed by atoms with Crippen molar-refractivity contribution >= 4 is 22.1 Å². The molecular weight excluding hydrogens is 521 g/mol. The average molecular weight is 539 g/mol. The van der Waals surface area contributed by atoms with Crippen LogP contribution in [0.25, 0.3) is 0 Å². The summed E-state index contributed by atoms with van der Waals surface area (Å²) in [5.74, 6) is -14.2. The largest absolute Gasteiger partial charge is 0.743 e. The van der Waals surface area contributed by atoms with E-state index < -0.39 is 82.4 Å². The second kappa shape index (κ2) is 10.9.